The van der Waals surface area contributed by atoms with Crippen molar-refractivity contribution >= 4 is 69.6 Å². The van der Waals surface area contributed by atoms with Gasteiger partial charge in [0.05, 0.1) is 67.5 Å². The summed E-state index contributed by atoms with van der Waals surface area (Å²) in [5, 5.41) is 18.6. The van der Waals surface area contributed by atoms with E-state index in [1.807, 2.05) is 24.3 Å². The van der Waals surface area contributed by atoms with Gasteiger partial charge in [-0.25, -0.2) is 9.97 Å². The molecule has 7 amide bonds. The summed E-state index contributed by atoms with van der Waals surface area (Å²) >= 11 is 0. The average molecular weight is 935 g/mol. The van der Waals surface area contributed by atoms with Gasteiger partial charge in [-0.2, -0.15) is 0 Å². The molecule has 1 atom stereocenters. The highest BCUT2D eigenvalue weighted by Gasteiger charge is 2.46. The lowest BCUT2D eigenvalue weighted by Crippen LogP contribution is -2.54. The lowest BCUT2D eigenvalue weighted by atomic mass is 9.85. The minimum absolute atomic E-state index is 0.000824. The van der Waals surface area contributed by atoms with Gasteiger partial charge in [0.25, 0.3) is 23.6 Å². The molecule has 3 aromatic heterocycles. The summed E-state index contributed by atoms with van der Waals surface area (Å²) in [5.41, 5.74) is 2.01. The number of fused-ring (bicyclic) bond motifs is 2. The van der Waals surface area contributed by atoms with Gasteiger partial charge in [0.2, 0.25) is 17.7 Å². The maximum absolute atomic E-state index is 13.5. The van der Waals surface area contributed by atoms with Crippen molar-refractivity contribution in [3.63, 3.8) is 0 Å². The second-order valence-corrected chi connectivity index (χ2v) is 16.8. The molecule has 1 aromatic carbocycles. The summed E-state index contributed by atoms with van der Waals surface area (Å²) in [6, 6.07) is 11.1. The Kier molecular flexibility index (Phi) is 15.7. The molecule has 358 valence electrons. The molecule has 2 aliphatic carbocycles. The second kappa shape index (κ2) is 22.6. The number of imide groups is 2. The molecule has 8 rings (SSSR count). The van der Waals surface area contributed by atoms with Crippen LogP contribution in [0.25, 0.3) is 10.9 Å². The quantitative estimate of drug-likeness (QED) is 0.0461. The summed E-state index contributed by atoms with van der Waals surface area (Å²) in [5.74, 6) is -2.17. The van der Waals surface area contributed by atoms with Crippen LogP contribution < -0.4 is 36.6 Å². The third-order valence-electron chi connectivity index (χ3n) is 11.9. The first-order chi connectivity index (χ1) is 33.1. The smallest absolute Gasteiger partial charge is 0.266 e. The Balaban J connectivity index is 0.637. The number of anilines is 3. The van der Waals surface area contributed by atoms with Crippen molar-refractivity contribution < 1.29 is 52.5 Å². The van der Waals surface area contributed by atoms with Crippen LogP contribution in [0.5, 0.6) is 5.75 Å². The number of carbonyl (C=O) groups is 7. The van der Waals surface area contributed by atoms with Crippen LogP contribution in [-0.4, -0.2) is 139 Å². The largest absolute Gasteiger partial charge is 0.483 e. The summed E-state index contributed by atoms with van der Waals surface area (Å²) < 4.78 is 22.2. The highest BCUT2D eigenvalue weighted by Crippen LogP contribution is 2.34. The molecule has 0 radical (unpaired) electrons. The molecule has 6 N–H and O–H groups in total. The van der Waals surface area contributed by atoms with Gasteiger partial charge in [-0.05, 0) is 75.3 Å². The number of ether oxygens (including phenoxy) is 4. The van der Waals surface area contributed by atoms with Crippen molar-refractivity contribution in [1.82, 2.24) is 41.1 Å². The number of benzene rings is 1. The van der Waals surface area contributed by atoms with Gasteiger partial charge in [0, 0.05) is 67.6 Å². The van der Waals surface area contributed by atoms with E-state index in [2.05, 4.69) is 46.9 Å². The van der Waals surface area contributed by atoms with Crippen molar-refractivity contribution in [2.75, 3.05) is 70.0 Å². The molecule has 5 heterocycles. The highest BCUT2D eigenvalue weighted by atomic mass is 16.5. The third kappa shape index (κ3) is 12.3. The van der Waals surface area contributed by atoms with E-state index in [1.165, 1.54) is 18.2 Å². The van der Waals surface area contributed by atoms with Gasteiger partial charge >= 0.3 is 0 Å². The fourth-order valence-electron chi connectivity index (χ4n) is 8.19. The first-order valence-corrected chi connectivity index (χ1v) is 22.9. The van der Waals surface area contributed by atoms with E-state index in [0.29, 0.717) is 87.6 Å². The highest BCUT2D eigenvalue weighted by molar-refractivity contribution is 6.24. The van der Waals surface area contributed by atoms with Crippen molar-refractivity contribution in [2.24, 2.45) is 5.92 Å². The molecule has 2 saturated carbocycles. The molecule has 4 aromatic rings. The lowest BCUT2D eigenvalue weighted by Gasteiger charge is -2.28. The fraction of sp³-hybridized carbons (Fsp3) is 0.447. The molecule has 2 aliphatic heterocycles. The van der Waals surface area contributed by atoms with Crippen LogP contribution in [0.3, 0.4) is 0 Å². The Morgan fingerprint density at radius 1 is 0.765 bits per heavy atom. The molecule has 68 heavy (non-hydrogen) atoms. The van der Waals surface area contributed by atoms with Gasteiger partial charge < -0.3 is 45.5 Å². The normalized spacial score (nSPS) is 19.0. The Morgan fingerprint density at radius 2 is 1.50 bits per heavy atom. The zero-order valence-corrected chi connectivity index (χ0v) is 37.4. The fourth-order valence-corrected chi connectivity index (χ4v) is 8.19. The minimum atomic E-state index is -1.11. The number of carbonyl (C=O) groups excluding carboxylic acids is 7. The Labute approximate surface area is 391 Å². The van der Waals surface area contributed by atoms with Crippen LogP contribution in [0.2, 0.25) is 0 Å². The molecule has 3 fully saturated rings. The average Bonchev–Trinajstić information content (AvgIpc) is 4.12. The number of amides is 7. The summed E-state index contributed by atoms with van der Waals surface area (Å²) in [4.78, 5) is 103. The molecular weight excluding hydrogens is 881 g/mol. The number of hydrogen-bond donors (Lipinski definition) is 6. The van der Waals surface area contributed by atoms with Crippen molar-refractivity contribution in [3.8, 4) is 5.75 Å². The SMILES string of the molecule is O=C(COc1cccc2c1C(=O)N(C1CCC(=O)NC1=O)C2=O)NCCOCCOCCOCCNC(=O)[C@H]1CC[C@H](NC(=O)c2cnc(Nc3ccc4cnccc4n3)cc2NC2CC2)CC1. The second-order valence-electron chi connectivity index (χ2n) is 16.8. The van der Waals surface area contributed by atoms with Crippen LogP contribution in [0.15, 0.2) is 61.1 Å². The topological polar surface area (TPSA) is 270 Å². The van der Waals surface area contributed by atoms with Gasteiger partial charge in [-0.3, -0.25) is 48.8 Å². The maximum Gasteiger partial charge on any atom is 0.266 e. The number of pyridine rings is 3. The summed E-state index contributed by atoms with van der Waals surface area (Å²) in [7, 11) is 0. The first kappa shape index (κ1) is 47.4. The van der Waals surface area contributed by atoms with E-state index in [4.69, 9.17) is 18.9 Å². The molecule has 0 spiro atoms. The maximum atomic E-state index is 13.5. The standard InChI is InChI=1S/C47H54N10O11/c58-40-13-11-36(45(62)56-40)57-46(63)32-2-1-3-37(42(32)47(57)64)68-27-41(59)49-16-18-65-20-22-67-23-21-66-19-17-50-43(60)28-4-7-31(8-5-28)53-44(61)33-26-51-39(24-35(33)52-30-9-10-30)55-38-12-6-29-25-48-15-14-34(29)54-38/h1-3,6,12,14-15,24-26,28,30-31,36H,4-5,7-11,13,16-23,27H2,(H,49,59)(H,50,60)(H,53,61)(H,56,58,62)(H2,51,52,54,55)/t28-,31-,36?. The van der Waals surface area contributed by atoms with Crippen LogP contribution in [0.4, 0.5) is 17.3 Å². The van der Waals surface area contributed by atoms with Crippen LogP contribution in [-0.2, 0) is 33.4 Å². The molecule has 1 saturated heterocycles. The predicted molar refractivity (Wildman–Crippen MR) is 244 cm³/mol. The Morgan fingerprint density at radius 3 is 2.25 bits per heavy atom. The van der Waals surface area contributed by atoms with E-state index >= 15 is 0 Å². The van der Waals surface area contributed by atoms with E-state index < -0.39 is 42.2 Å². The molecule has 1 unspecified atom stereocenters. The molecule has 0 bridgehead atoms. The van der Waals surface area contributed by atoms with Crippen LogP contribution >= 0.6 is 0 Å². The molecule has 4 aliphatic rings. The summed E-state index contributed by atoms with van der Waals surface area (Å²) in [6.07, 6.45) is 9.86. The van der Waals surface area contributed by atoms with Gasteiger partial charge in [-0.1, -0.05) is 6.07 Å². The van der Waals surface area contributed by atoms with Gasteiger partial charge in [0.1, 0.15) is 23.4 Å². The molecule has 21 heteroatoms. The van der Waals surface area contributed by atoms with E-state index in [-0.39, 0.29) is 73.3 Å². The van der Waals surface area contributed by atoms with E-state index in [1.54, 1.807) is 18.6 Å². The number of piperidine rings is 1. The van der Waals surface area contributed by atoms with Gasteiger partial charge in [-0.15, -0.1) is 0 Å². The van der Waals surface area contributed by atoms with E-state index in [0.717, 1.165) is 28.6 Å². The van der Waals surface area contributed by atoms with Gasteiger partial charge in [0.15, 0.2) is 6.61 Å². The van der Waals surface area contributed by atoms with Crippen LogP contribution in [0.1, 0.15) is 82.4 Å². The van der Waals surface area contributed by atoms with Crippen LogP contribution in [0, 0.1) is 5.92 Å². The monoisotopic (exact) mass is 934 g/mol. The summed E-state index contributed by atoms with van der Waals surface area (Å²) in [6.45, 7) is 1.95. The zero-order chi connectivity index (χ0) is 47.4. The Bertz CT molecular complexity index is 2530. The Hall–Kier alpha value is -7.10. The number of nitrogens with zero attached hydrogens (tertiary/aromatic N) is 4. The van der Waals surface area contributed by atoms with E-state index in [9.17, 15) is 33.6 Å². The minimum Gasteiger partial charge on any atom is -0.483 e. The first-order valence-electron chi connectivity index (χ1n) is 22.9. The number of hydrogen-bond acceptors (Lipinski definition) is 16. The number of nitrogens with one attached hydrogen (secondary N) is 6. The van der Waals surface area contributed by atoms with Crippen molar-refractivity contribution in [1.29, 1.82) is 0 Å². The molecular formula is C47H54N10O11. The van der Waals surface area contributed by atoms with Crippen molar-refractivity contribution in [2.45, 2.75) is 69.5 Å². The number of rotatable bonds is 23. The molecule has 21 nitrogen and oxygen atoms in total. The third-order valence-corrected chi connectivity index (χ3v) is 11.9. The number of aromatic nitrogens is 3. The zero-order valence-electron chi connectivity index (χ0n) is 37.4. The van der Waals surface area contributed by atoms with Crippen molar-refractivity contribution in [3.05, 3.63) is 77.7 Å². The lowest BCUT2D eigenvalue weighted by molar-refractivity contribution is -0.136. The predicted octanol–water partition coefficient (Wildman–Crippen LogP) is 2.39.